The number of aryl methyl sites for hydroxylation is 1. The summed E-state index contributed by atoms with van der Waals surface area (Å²) in [5.74, 6) is 0.690. The van der Waals surface area contributed by atoms with Crippen molar-refractivity contribution in [1.82, 2.24) is 9.55 Å². The van der Waals surface area contributed by atoms with Crippen molar-refractivity contribution in [3.8, 4) is 17.0 Å². The van der Waals surface area contributed by atoms with Crippen LogP contribution in [0.4, 0.5) is 14.6 Å². The zero-order chi connectivity index (χ0) is 13.8. The van der Waals surface area contributed by atoms with Gasteiger partial charge in [0.1, 0.15) is 17.3 Å². The zero-order valence-corrected chi connectivity index (χ0v) is 10.5. The van der Waals surface area contributed by atoms with E-state index in [9.17, 15) is 8.78 Å². The zero-order valence-electron chi connectivity index (χ0n) is 10.5. The number of hydrogen-bond acceptors (Lipinski definition) is 3. The fourth-order valence-corrected chi connectivity index (χ4v) is 1.83. The van der Waals surface area contributed by atoms with E-state index < -0.39 is 6.61 Å². The van der Waals surface area contributed by atoms with Crippen molar-refractivity contribution >= 4 is 5.82 Å². The van der Waals surface area contributed by atoms with Crippen molar-refractivity contribution in [2.75, 3.05) is 5.73 Å². The Morgan fingerprint density at radius 1 is 1.32 bits per heavy atom. The number of nitrogens with two attached hydrogens (primary N) is 1. The van der Waals surface area contributed by atoms with Crippen LogP contribution in [0.1, 0.15) is 13.3 Å². The second kappa shape index (κ2) is 5.69. The molecule has 0 fully saturated rings. The largest absolute Gasteiger partial charge is 0.435 e. The lowest BCUT2D eigenvalue weighted by Gasteiger charge is -2.06. The van der Waals surface area contributed by atoms with Crippen LogP contribution in [0.2, 0.25) is 0 Å². The maximum Gasteiger partial charge on any atom is 0.387 e. The van der Waals surface area contributed by atoms with Gasteiger partial charge in [-0.15, -0.1) is 0 Å². The van der Waals surface area contributed by atoms with Crippen molar-refractivity contribution in [2.45, 2.75) is 26.5 Å². The summed E-state index contributed by atoms with van der Waals surface area (Å²) >= 11 is 0. The maximum atomic E-state index is 12.0. The molecule has 0 radical (unpaired) electrons. The van der Waals surface area contributed by atoms with Gasteiger partial charge in [0.2, 0.25) is 0 Å². The first-order chi connectivity index (χ1) is 9.11. The molecule has 0 amide bonds. The van der Waals surface area contributed by atoms with E-state index in [1.807, 2.05) is 4.57 Å². The highest BCUT2D eigenvalue weighted by molar-refractivity contribution is 5.70. The van der Waals surface area contributed by atoms with Crippen molar-refractivity contribution in [3.05, 3.63) is 30.6 Å². The van der Waals surface area contributed by atoms with Gasteiger partial charge in [0.05, 0.1) is 6.33 Å². The molecule has 0 aliphatic heterocycles. The Kier molecular flexibility index (Phi) is 3.99. The fraction of sp³-hybridized carbons (Fsp3) is 0.308. The van der Waals surface area contributed by atoms with E-state index in [0.29, 0.717) is 11.5 Å². The van der Waals surface area contributed by atoms with Crippen LogP contribution in [0.5, 0.6) is 5.75 Å². The van der Waals surface area contributed by atoms with Crippen LogP contribution in [-0.4, -0.2) is 16.2 Å². The monoisotopic (exact) mass is 267 g/mol. The lowest BCUT2D eigenvalue weighted by atomic mass is 10.1. The van der Waals surface area contributed by atoms with Gasteiger partial charge < -0.3 is 15.0 Å². The quantitative estimate of drug-likeness (QED) is 0.905. The van der Waals surface area contributed by atoms with Crippen LogP contribution in [0.3, 0.4) is 0 Å². The number of halogens is 2. The highest BCUT2D eigenvalue weighted by atomic mass is 19.3. The molecule has 6 heteroatoms. The number of ether oxygens (including phenoxy) is 1. The summed E-state index contributed by atoms with van der Waals surface area (Å²) in [6.07, 6.45) is 2.64. The first kappa shape index (κ1) is 13.3. The van der Waals surface area contributed by atoms with Crippen molar-refractivity contribution in [3.63, 3.8) is 0 Å². The average Bonchev–Trinajstić information content (AvgIpc) is 2.72. The van der Waals surface area contributed by atoms with Gasteiger partial charge >= 0.3 is 6.61 Å². The van der Waals surface area contributed by atoms with Crippen molar-refractivity contribution < 1.29 is 13.5 Å². The molecule has 0 aliphatic carbocycles. The van der Waals surface area contributed by atoms with Gasteiger partial charge in [0.25, 0.3) is 0 Å². The molecule has 1 aromatic heterocycles. The number of rotatable bonds is 5. The number of aromatic nitrogens is 2. The van der Waals surface area contributed by atoms with Crippen LogP contribution in [0.15, 0.2) is 30.6 Å². The van der Waals surface area contributed by atoms with Crippen molar-refractivity contribution in [1.29, 1.82) is 0 Å². The molecule has 0 bridgehead atoms. The third-order valence-corrected chi connectivity index (χ3v) is 2.70. The highest BCUT2D eigenvalue weighted by Crippen LogP contribution is 2.26. The number of anilines is 1. The Bertz CT molecular complexity index is 537. The third kappa shape index (κ3) is 3.01. The molecule has 0 spiro atoms. The van der Waals surface area contributed by atoms with Gasteiger partial charge in [-0.1, -0.05) is 6.92 Å². The lowest BCUT2D eigenvalue weighted by Crippen LogP contribution is -2.02. The molecular formula is C13H15F2N3O. The molecule has 2 N–H and O–H groups in total. The lowest BCUT2D eigenvalue weighted by molar-refractivity contribution is -0.0498. The Balaban J connectivity index is 2.22. The Hall–Kier alpha value is -2.11. The molecule has 0 unspecified atom stereocenters. The van der Waals surface area contributed by atoms with E-state index in [1.165, 1.54) is 12.1 Å². The summed E-state index contributed by atoms with van der Waals surface area (Å²) < 4.78 is 30.2. The Morgan fingerprint density at radius 2 is 2.00 bits per heavy atom. The van der Waals surface area contributed by atoms with E-state index in [1.54, 1.807) is 18.5 Å². The smallest absolute Gasteiger partial charge is 0.387 e. The highest BCUT2D eigenvalue weighted by Gasteiger charge is 2.10. The van der Waals surface area contributed by atoms with E-state index in [4.69, 9.17) is 5.73 Å². The van der Waals surface area contributed by atoms with E-state index in [0.717, 1.165) is 18.5 Å². The van der Waals surface area contributed by atoms with Crippen LogP contribution in [0, 0.1) is 0 Å². The molecule has 0 saturated carbocycles. The third-order valence-electron chi connectivity index (χ3n) is 2.70. The molecule has 1 heterocycles. The minimum Gasteiger partial charge on any atom is -0.435 e. The first-order valence-electron chi connectivity index (χ1n) is 5.97. The minimum absolute atomic E-state index is 0.116. The number of hydrogen-bond donors (Lipinski definition) is 1. The summed E-state index contributed by atoms with van der Waals surface area (Å²) in [6, 6.07) is 6.26. The van der Waals surface area contributed by atoms with Gasteiger partial charge in [-0.05, 0) is 30.7 Å². The SMILES string of the molecule is CCCn1cnc(-c2ccc(OC(F)F)cc2)c1N. The van der Waals surface area contributed by atoms with E-state index in [2.05, 4.69) is 16.6 Å². The predicted octanol–water partition coefficient (Wildman–Crippen LogP) is 3.14. The number of nitrogen functional groups attached to an aromatic ring is 1. The molecule has 1 aromatic carbocycles. The average molecular weight is 267 g/mol. The van der Waals surface area contributed by atoms with Crippen molar-refractivity contribution in [2.24, 2.45) is 0 Å². The van der Waals surface area contributed by atoms with E-state index >= 15 is 0 Å². The molecule has 0 saturated heterocycles. The number of benzene rings is 1. The number of imidazole rings is 1. The second-order valence-electron chi connectivity index (χ2n) is 4.07. The normalized spacial score (nSPS) is 10.9. The van der Waals surface area contributed by atoms with E-state index in [-0.39, 0.29) is 5.75 Å². The van der Waals surface area contributed by atoms with Crippen LogP contribution >= 0.6 is 0 Å². The second-order valence-corrected chi connectivity index (χ2v) is 4.07. The predicted molar refractivity (Wildman–Crippen MR) is 69.0 cm³/mol. The number of nitrogens with zero attached hydrogens (tertiary/aromatic N) is 2. The first-order valence-corrected chi connectivity index (χ1v) is 5.97. The molecule has 2 rings (SSSR count). The Labute approximate surface area is 109 Å². The van der Waals surface area contributed by atoms with Gasteiger partial charge in [-0.2, -0.15) is 8.78 Å². The van der Waals surface area contributed by atoms with Gasteiger partial charge in [0.15, 0.2) is 0 Å². The summed E-state index contributed by atoms with van der Waals surface area (Å²) in [5, 5.41) is 0. The fourth-order valence-electron chi connectivity index (χ4n) is 1.83. The standard InChI is InChI=1S/C13H15F2N3O/c1-2-7-18-8-17-11(12(18)16)9-3-5-10(6-4-9)19-13(14)15/h3-6,8,13H,2,7,16H2,1H3. The van der Waals surface area contributed by atoms with Crippen LogP contribution < -0.4 is 10.5 Å². The Morgan fingerprint density at radius 3 is 2.58 bits per heavy atom. The summed E-state index contributed by atoms with van der Waals surface area (Å²) in [6.45, 7) is 0.0285. The molecule has 102 valence electrons. The molecular weight excluding hydrogens is 252 g/mol. The molecule has 0 aliphatic rings. The van der Waals surface area contributed by atoms with Gasteiger partial charge in [-0.3, -0.25) is 0 Å². The molecule has 2 aromatic rings. The maximum absolute atomic E-state index is 12.0. The molecule has 4 nitrogen and oxygen atoms in total. The minimum atomic E-state index is -2.82. The topological polar surface area (TPSA) is 53.1 Å². The van der Waals surface area contributed by atoms with Gasteiger partial charge in [0, 0.05) is 12.1 Å². The summed E-state index contributed by atoms with van der Waals surface area (Å²) in [5.41, 5.74) is 7.41. The summed E-state index contributed by atoms with van der Waals surface area (Å²) in [4.78, 5) is 4.24. The molecule has 0 atom stereocenters. The van der Waals surface area contributed by atoms with Crippen LogP contribution in [-0.2, 0) is 6.54 Å². The summed E-state index contributed by atoms with van der Waals surface area (Å²) in [7, 11) is 0. The number of alkyl halides is 2. The molecule has 19 heavy (non-hydrogen) atoms. The van der Waals surface area contributed by atoms with Crippen LogP contribution in [0.25, 0.3) is 11.3 Å². The van der Waals surface area contributed by atoms with Gasteiger partial charge in [-0.25, -0.2) is 4.98 Å².